The number of ether oxygens (including phenoxy) is 2. The van der Waals surface area contributed by atoms with E-state index in [0.29, 0.717) is 24.6 Å². The van der Waals surface area contributed by atoms with Gasteiger partial charge in [0.05, 0.1) is 17.3 Å². The molecule has 0 aromatic carbocycles. The lowest BCUT2D eigenvalue weighted by Crippen LogP contribution is -2.51. The van der Waals surface area contributed by atoms with Gasteiger partial charge < -0.3 is 24.6 Å². The van der Waals surface area contributed by atoms with Crippen LogP contribution in [0.4, 0.5) is 29.6 Å². The summed E-state index contributed by atoms with van der Waals surface area (Å²) in [7, 11) is 0. The quantitative estimate of drug-likeness (QED) is 0.650. The zero-order chi connectivity index (χ0) is 25.8. The van der Waals surface area contributed by atoms with E-state index < -0.39 is 23.4 Å². The van der Waals surface area contributed by atoms with Gasteiger partial charge in [-0.1, -0.05) is 0 Å². The highest BCUT2D eigenvalue weighted by molar-refractivity contribution is 5.97. The van der Waals surface area contributed by atoms with E-state index in [1.165, 1.54) is 16.0 Å². The molecule has 0 radical (unpaired) electrons. The van der Waals surface area contributed by atoms with Gasteiger partial charge in [-0.2, -0.15) is 13.2 Å². The summed E-state index contributed by atoms with van der Waals surface area (Å²) in [5.41, 5.74) is -1.01. The number of carbonyl (C=O) groups is 2. The minimum absolute atomic E-state index is 0.0521. The van der Waals surface area contributed by atoms with Gasteiger partial charge in [0.1, 0.15) is 18.8 Å². The highest BCUT2D eigenvalue weighted by Crippen LogP contribution is 2.29. The molecule has 1 aliphatic heterocycles. The summed E-state index contributed by atoms with van der Waals surface area (Å²) >= 11 is 0. The average Bonchev–Trinajstić information content (AvgIpc) is 2.76. The van der Waals surface area contributed by atoms with Gasteiger partial charge in [-0.25, -0.2) is 19.7 Å². The van der Waals surface area contributed by atoms with Crippen LogP contribution in [0.5, 0.6) is 5.88 Å². The van der Waals surface area contributed by atoms with Crippen LogP contribution in [-0.2, 0) is 15.7 Å². The molecule has 0 aliphatic carbocycles. The highest BCUT2D eigenvalue weighted by atomic mass is 19.4. The van der Waals surface area contributed by atoms with Crippen LogP contribution in [0.3, 0.4) is 0 Å². The molecule has 0 spiro atoms. The predicted octanol–water partition coefficient (Wildman–Crippen LogP) is 3.04. The second-order valence-electron chi connectivity index (χ2n) is 8.95. The van der Waals surface area contributed by atoms with E-state index in [9.17, 15) is 22.8 Å². The van der Waals surface area contributed by atoms with E-state index in [-0.39, 0.29) is 43.5 Å². The number of hydrogen-bond donors (Lipinski definition) is 1. The van der Waals surface area contributed by atoms with Crippen molar-refractivity contribution >= 4 is 23.6 Å². The summed E-state index contributed by atoms with van der Waals surface area (Å²) in [6.45, 7) is 7.67. The van der Waals surface area contributed by atoms with Crippen LogP contribution in [0.1, 0.15) is 33.3 Å². The van der Waals surface area contributed by atoms with Crippen LogP contribution in [0.25, 0.3) is 0 Å². The van der Waals surface area contributed by atoms with Gasteiger partial charge in [0, 0.05) is 37.7 Å². The normalized spacial score (nSPS) is 15.6. The molecule has 2 amide bonds. The van der Waals surface area contributed by atoms with E-state index in [1.54, 1.807) is 39.8 Å². The smallest absolute Gasteiger partial charge is 0.419 e. The fraction of sp³-hybridized carbons (Fsp3) is 0.500. The Morgan fingerprint density at radius 3 is 2.46 bits per heavy atom. The van der Waals surface area contributed by atoms with Gasteiger partial charge in [-0.15, -0.1) is 0 Å². The van der Waals surface area contributed by atoms with Crippen molar-refractivity contribution in [2.24, 2.45) is 0 Å². The lowest BCUT2D eigenvalue weighted by atomic mass is 10.2. The number of alkyl halides is 3. The lowest BCUT2D eigenvalue weighted by molar-refractivity contribution is -0.138. The molecule has 13 heteroatoms. The lowest BCUT2D eigenvalue weighted by Gasteiger charge is -2.34. The summed E-state index contributed by atoms with van der Waals surface area (Å²) in [5.74, 6) is 0.0368. The van der Waals surface area contributed by atoms with Crippen LogP contribution in [-0.4, -0.2) is 64.8 Å². The Morgan fingerprint density at radius 2 is 1.86 bits per heavy atom. The van der Waals surface area contributed by atoms with Gasteiger partial charge in [-0.3, -0.25) is 4.79 Å². The number of anilines is 2. The van der Waals surface area contributed by atoms with Crippen LogP contribution in [0.2, 0.25) is 0 Å². The monoisotopic (exact) mass is 496 g/mol. The summed E-state index contributed by atoms with van der Waals surface area (Å²) < 4.78 is 49.0. The average molecular weight is 496 g/mol. The Labute approximate surface area is 200 Å². The van der Waals surface area contributed by atoms with E-state index in [4.69, 9.17) is 9.47 Å². The Hall–Kier alpha value is -3.64. The van der Waals surface area contributed by atoms with E-state index >= 15 is 0 Å². The van der Waals surface area contributed by atoms with E-state index in [2.05, 4.69) is 20.3 Å². The third-order valence-electron chi connectivity index (χ3n) is 4.74. The predicted molar refractivity (Wildman–Crippen MR) is 120 cm³/mol. The zero-order valence-electron chi connectivity index (χ0n) is 19.8. The first-order chi connectivity index (χ1) is 16.3. The summed E-state index contributed by atoms with van der Waals surface area (Å²) in [6.07, 6.45) is -2.20. The molecule has 1 atom stereocenters. The van der Waals surface area contributed by atoms with Gasteiger partial charge in [0.15, 0.2) is 0 Å². The van der Waals surface area contributed by atoms with Crippen molar-refractivity contribution in [3.8, 4) is 5.88 Å². The Morgan fingerprint density at radius 1 is 1.17 bits per heavy atom. The first-order valence-corrected chi connectivity index (χ1v) is 10.8. The zero-order valence-corrected chi connectivity index (χ0v) is 19.8. The molecule has 0 bridgehead atoms. The molecule has 3 heterocycles. The molecule has 1 saturated heterocycles. The fourth-order valence-electron chi connectivity index (χ4n) is 3.15. The minimum atomic E-state index is -4.53. The molecule has 2 aromatic heterocycles. The number of alkyl carbamates (subject to hydrolysis) is 1. The van der Waals surface area contributed by atoms with Crippen LogP contribution < -0.4 is 19.9 Å². The van der Waals surface area contributed by atoms with Crippen molar-refractivity contribution in [3.05, 3.63) is 36.3 Å². The summed E-state index contributed by atoms with van der Waals surface area (Å²) in [5, 5.41) is 2.67. The standard InChI is InChI=1S/C22H27F3N6O4/c1-14(29-20(33)35-21(2,3)4)13-34-17-9-16(5-6-26-17)31-8-7-30(12-18(31)32)19-27-10-15(11-28-19)22(23,24)25/h5-6,9-11,14H,7-8,12-13H2,1-4H3,(H,29,33). The van der Waals surface area contributed by atoms with Crippen molar-refractivity contribution in [3.63, 3.8) is 0 Å². The summed E-state index contributed by atoms with van der Waals surface area (Å²) in [4.78, 5) is 39.3. The molecule has 1 fully saturated rings. The van der Waals surface area contributed by atoms with Gasteiger partial charge in [0.25, 0.3) is 0 Å². The molecular weight excluding hydrogens is 469 g/mol. The minimum Gasteiger partial charge on any atom is -0.475 e. The number of rotatable bonds is 6. The van der Waals surface area contributed by atoms with Gasteiger partial charge in [0.2, 0.25) is 17.7 Å². The number of hydrogen-bond acceptors (Lipinski definition) is 8. The van der Waals surface area contributed by atoms with E-state index in [1.807, 2.05) is 0 Å². The second-order valence-corrected chi connectivity index (χ2v) is 8.95. The SMILES string of the molecule is CC(COc1cc(N2CCN(c3ncc(C(F)(F)F)cn3)CC2=O)ccn1)NC(=O)OC(C)(C)C. The molecular formula is C22H27F3N6O4. The fourth-order valence-corrected chi connectivity index (χ4v) is 3.15. The molecule has 0 saturated carbocycles. The largest absolute Gasteiger partial charge is 0.475 e. The maximum atomic E-state index is 12.7. The number of halogens is 3. The van der Waals surface area contributed by atoms with Crippen molar-refractivity contribution in [2.75, 3.05) is 36.0 Å². The van der Waals surface area contributed by atoms with Crippen LogP contribution in [0.15, 0.2) is 30.7 Å². The third-order valence-corrected chi connectivity index (χ3v) is 4.74. The van der Waals surface area contributed by atoms with Crippen molar-refractivity contribution in [1.82, 2.24) is 20.3 Å². The molecule has 1 unspecified atom stereocenters. The number of aromatic nitrogens is 3. The maximum Gasteiger partial charge on any atom is 0.419 e. The van der Waals surface area contributed by atoms with E-state index in [0.717, 1.165) is 0 Å². The van der Waals surface area contributed by atoms with Gasteiger partial charge in [-0.05, 0) is 33.8 Å². The first-order valence-electron chi connectivity index (χ1n) is 10.8. The molecule has 1 N–H and O–H groups in total. The number of nitrogens with zero attached hydrogens (tertiary/aromatic N) is 5. The van der Waals surface area contributed by atoms with Crippen molar-refractivity contribution < 1.29 is 32.2 Å². The first kappa shape index (κ1) is 26.0. The Bertz CT molecular complexity index is 1040. The van der Waals surface area contributed by atoms with Crippen LogP contribution in [0, 0.1) is 0 Å². The van der Waals surface area contributed by atoms with Gasteiger partial charge >= 0.3 is 12.3 Å². The molecule has 3 rings (SSSR count). The molecule has 10 nitrogen and oxygen atoms in total. The number of carbonyl (C=O) groups excluding carboxylic acids is 2. The van der Waals surface area contributed by atoms with Crippen molar-refractivity contribution in [1.29, 1.82) is 0 Å². The molecule has 1 aliphatic rings. The maximum absolute atomic E-state index is 12.7. The topological polar surface area (TPSA) is 110 Å². The second kappa shape index (κ2) is 10.3. The summed E-state index contributed by atoms with van der Waals surface area (Å²) in [6, 6.07) is 2.89. The highest BCUT2D eigenvalue weighted by Gasteiger charge is 2.32. The molecule has 2 aromatic rings. The number of amides is 2. The Kier molecular flexibility index (Phi) is 7.66. The number of pyridine rings is 1. The third kappa shape index (κ3) is 7.42. The molecule has 35 heavy (non-hydrogen) atoms. The van der Waals surface area contributed by atoms with Crippen molar-refractivity contribution in [2.45, 2.75) is 45.5 Å². The number of nitrogens with one attached hydrogen (secondary N) is 1. The number of piperazine rings is 1. The van der Waals surface area contributed by atoms with Crippen LogP contribution >= 0.6 is 0 Å². The molecule has 190 valence electrons. The Balaban J connectivity index is 1.56.